The monoisotopic (exact) mass is 484 g/mol. The van der Waals surface area contributed by atoms with Crippen molar-refractivity contribution >= 4 is 29.2 Å². The summed E-state index contributed by atoms with van der Waals surface area (Å²) in [6, 6.07) is 14.0. The molecule has 0 radical (unpaired) electrons. The van der Waals surface area contributed by atoms with Crippen molar-refractivity contribution in [2.75, 3.05) is 69.2 Å². The number of halogens is 1. The molecular formula is C24H29ClN6O3. The molecule has 2 aromatic carbocycles. The van der Waals surface area contributed by atoms with Crippen molar-refractivity contribution in [3.63, 3.8) is 0 Å². The molecule has 2 heterocycles. The number of nitrogens with one attached hydrogen (secondary N) is 1. The fraction of sp³-hybridized carbons (Fsp3) is 0.375. The van der Waals surface area contributed by atoms with Crippen LogP contribution in [-0.2, 0) is 6.42 Å². The zero-order chi connectivity index (χ0) is 23.9. The minimum atomic E-state index is 0.177. The number of hydrogen-bond donors (Lipinski definition) is 1. The van der Waals surface area contributed by atoms with Crippen LogP contribution < -0.4 is 29.3 Å². The van der Waals surface area contributed by atoms with Crippen molar-refractivity contribution in [1.29, 1.82) is 0 Å². The van der Waals surface area contributed by atoms with E-state index >= 15 is 0 Å². The Labute approximate surface area is 204 Å². The first-order valence-corrected chi connectivity index (χ1v) is 11.5. The second-order valence-electron chi connectivity index (χ2n) is 7.77. The lowest BCUT2D eigenvalue weighted by atomic mass is 10.1. The first kappa shape index (κ1) is 23.7. The smallest absolute Gasteiger partial charge is 0.231 e. The van der Waals surface area contributed by atoms with Crippen LogP contribution in [0.1, 0.15) is 5.56 Å². The van der Waals surface area contributed by atoms with Crippen molar-refractivity contribution in [1.82, 2.24) is 15.0 Å². The van der Waals surface area contributed by atoms with E-state index in [0.717, 1.165) is 43.9 Å². The van der Waals surface area contributed by atoms with Gasteiger partial charge in [-0.05, 0) is 60.0 Å². The van der Waals surface area contributed by atoms with Crippen molar-refractivity contribution in [3.8, 4) is 17.2 Å². The molecule has 1 saturated heterocycles. The molecule has 1 N–H and O–H groups in total. The molecule has 1 aliphatic rings. The Bertz CT molecular complexity index is 1090. The van der Waals surface area contributed by atoms with Gasteiger partial charge in [0, 0.05) is 38.4 Å². The summed E-state index contributed by atoms with van der Waals surface area (Å²) in [4.78, 5) is 17.7. The molecule has 1 fully saturated rings. The van der Waals surface area contributed by atoms with Crippen LogP contribution in [0.5, 0.6) is 17.2 Å². The maximum atomic E-state index is 6.21. The number of nitrogens with zero attached hydrogens (tertiary/aromatic N) is 5. The van der Waals surface area contributed by atoms with Crippen LogP contribution in [0.15, 0.2) is 42.5 Å². The van der Waals surface area contributed by atoms with Gasteiger partial charge in [0.2, 0.25) is 17.2 Å². The summed E-state index contributed by atoms with van der Waals surface area (Å²) in [5, 5.41) is 3.43. The number of methoxy groups -OCH3 is 3. The van der Waals surface area contributed by atoms with Gasteiger partial charge < -0.3 is 29.3 Å². The molecule has 1 aromatic heterocycles. The Morgan fingerprint density at radius 2 is 1.53 bits per heavy atom. The van der Waals surface area contributed by atoms with Gasteiger partial charge in [0.25, 0.3) is 0 Å². The Balaban J connectivity index is 1.34. The molecule has 0 bridgehead atoms. The Morgan fingerprint density at radius 1 is 0.824 bits per heavy atom. The summed E-state index contributed by atoms with van der Waals surface area (Å²) < 4.78 is 15.9. The van der Waals surface area contributed by atoms with Crippen molar-refractivity contribution in [2.24, 2.45) is 0 Å². The number of ether oxygens (including phenoxy) is 3. The highest BCUT2D eigenvalue weighted by molar-refractivity contribution is 6.28. The minimum absolute atomic E-state index is 0.177. The highest BCUT2D eigenvalue weighted by Crippen LogP contribution is 2.28. The first-order chi connectivity index (χ1) is 16.6. The fourth-order valence-electron chi connectivity index (χ4n) is 3.87. The lowest BCUT2D eigenvalue weighted by Crippen LogP contribution is -2.47. The van der Waals surface area contributed by atoms with Gasteiger partial charge in [-0.1, -0.05) is 6.07 Å². The van der Waals surface area contributed by atoms with Crippen LogP contribution in [0.2, 0.25) is 5.28 Å². The first-order valence-electron chi connectivity index (χ1n) is 11.1. The molecule has 34 heavy (non-hydrogen) atoms. The average Bonchev–Trinajstić information content (AvgIpc) is 2.88. The van der Waals surface area contributed by atoms with Crippen molar-refractivity contribution in [2.45, 2.75) is 6.42 Å². The van der Waals surface area contributed by atoms with E-state index in [0.29, 0.717) is 29.9 Å². The fourth-order valence-corrected chi connectivity index (χ4v) is 4.03. The van der Waals surface area contributed by atoms with E-state index in [2.05, 4.69) is 42.2 Å². The topological polar surface area (TPSA) is 84.9 Å². The van der Waals surface area contributed by atoms with Gasteiger partial charge in [0.1, 0.15) is 5.75 Å². The summed E-state index contributed by atoms with van der Waals surface area (Å²) in [6.07, 6.45) is 0.763. The van der Waals surface area contributed by atoms with E-state index < -0.39 is 0 Å². The van der Waals surface area contributed by atoms with Gasteiger partial charge in [-0.15, -0.1) is 0 Å². The van der Waals surface area contributed by atoms with Gasteiger partial charge >= 0.3 is 0 Å². The van der Waals surface area contributed by atoms with Gasteiger partial charge in [-0.3, -0.25) is 0 Å². The van der Waals surface area contributed by atoms with Crippen LogP contribution >= 0.6 is 11.6 Å². The standard InChI is InChI=1S/C24H29ClN6O3/c1-32-19-7-5-18(6-8-19)30-12-14-31(15-13-30)24-28-22(25)27-23(29-24)26-11-10-17-4-9-20(33-2)21(16-17)34-3/h4-9,16H,10-15H2,1-3H3,(H,26,27,28,29). The molecule has 9 nitrogen and oxygen atoms in total. The Kier molecular flexibility index (Phi) is 7.74. The summed E-state index contributed by atoms with van der Waals surface area (Å²) in [6.45, 7) is 3.94. The Morgan fingerprint density at radius 3 is 2.21 bits per heavy atom. The maximum absolute atomic E-state index is 6.21. The summed E-state index contributed by atoms with van der Waals surface area (Å²) in [7, 11) is 4.93. The third-order valence-electron chi connectivity index (χ3n) is 5.74. The molecule has 1 aliphatic heterocycles. The SMILES string of the molecule is COc1ccc(N2CCN(c3nc(Cl)nc(NCCc4ccc(OC)c(OC)c4)n3)CC2)cc1. The second-order valence-corrected chi connectivity index (χ2v) is 8.10. The maximum Gasteiger partial charge on any atom is 0.231 e. The van der Waals surface area contributed by atoms with Gasteiger partial charge in [-0.2, -0.15) is 15.0 Å². The number of rotatable bonds is 9. The molecule has 0 aliphatic carbocycles. The average molecular weight is 485 g/mol. The van der Waals surface area contributed by atoms with Gasteiger partial charge in [0.05, 0.1) is 21.3 Å². The van der Waals surface area contributed by atoms with E-state index in [9.17, 15) is 0 Å². The van der Waals surface area contributed by atoms with E-state index in [1.807, 2.05) is 30.3 Å². The highest BCUT2D eigenvalue weighted by Gasteiger charge is 2.20. The summed E-state index contributed by atoms with van der Waals surface area (Å²) in [5.74, 6) is 3.32. The second kappa shape index (κ2) is 11.1. The number of anilines is 3. The minimum Gasteiger partial charge on any atom is -0.497 e. The predicted octanol–water partition coefficient (Wildman–Crippen LogP) is 3.53. The molecule has 0 saturated carbocycles. The van der Waals surface area contributed by atoms with Crippen LogP contribution in [-0.4, -0.2) is 69.0 Å². The normalized spacial score (nSPS) is 13.5. The number of piperazine rings is 1. The van der Waals surface area contributed by atoms with Crippen molar-refractivity contribution in [3.05, 3.63) is 53.3 Å². The summed E-state index contributed by atoms with van der Waals surface area (Å²) in [5.41, 5.74) is 2.28. The summed E-state index contributed by atoms with van der Waals surface area (Å²) >= 11 is 6.21. The molecule has 0 amide bonds. The molecule has 0 atom stereocenters. The molecule has 4 rings (SSSR count). The van der Waals surface area contributed by atoms with Gasteiger partial charge in [-0.25, -0.2) is 0 Å². The lowest BCUT2D eigenvalue weighted by Gasteiger charge is -2.36. The third kappa shape index (κ3) is 5.72. The number of aromatic nitrogens is 3. The molecule has 3 aromatic rings. The van der Waals surface area contributed by atoms with E-state index in [1.54, 1.807) is 21.3 Å². The van der Waals surface area contributed by atoms with E-state index in [1.165, 1.54) is 5.69 Å². The zero-order valence-corrected chi connectivity index (χ0v) is 20.4. The van der Waals surface area contributed by atoms with Crippen molar-refractivity contribution < 1.29 is 14.2 Å². The molecule has 0 unspecified atom stereocenters. The largest absolute Gasteiger partial charge is 0.497 e. The lowest BCUT2D eigenvalue weighted by molar-refractivity contribution is 0.354. The van der Waals surface area contributed by atoms with Crippen LogP contribution in [0.4, 0.5) is 17.6 Å². The quantitative estimate of drug-likeness (QED) is 0.490. The third-order valence-corrected chi connectivity index (χ3v) is 5.91. The number of benzene rings is 2. The van der Waals surface area contributed by atoms with Crippen LogP contribution in [0.25, 0.3) is 0 Å². The zero-order valence-electron chi connectivity index (χ0n) is 19.6. The van der Waals surface area contributed by atoms with Gasteiger partial charge in [0.15, 0.2) is 11.5 Å². The van der Waals surface area contributed by atoms with Crippen LogP contribution in [0.3, 0.4) is 0 Å². The molecular weight excluding hydrogens is 456 g/mol. The molecule has 180 valence electrons. The highest BCUT2D eigenvalue weighted by atomic mass is 35.5. The number of hydrogen-bond acceptors (Lipinski definition) is 9. The van der Waals surface area contributed by atoms with Crippen LogP contribution in [0, 0.1) is 0 Å². The van der Waals surface area contributed by atoms with E-state index in [-0.39, 0.29) is 5.28 Å². The molecule has 0 spiro atoms. The Hall–Kier alpha value is -3.46. The molecule has 10 heteroatoms. The van der Waals surface area contributed by atoms with E-state index in [4.69, 9.17) is 25.8 Å². The predicted molar refractivity (Wildman–Crippen MR) is 134 cm³/mol.